The largest absolute Gasteiger partial charge is 0.481 e. The summed E-state index contributed by atoms with van der Waals surface area (Å²) in [5.41, 5.74) is 0.379. The van der Waals surface area contributed by atoms with Crippen LogP contribution < -0.4 is 10.1 Å². The maximum atomic E-state index is 13.7. The second kappa shape index (κ2) is 12.2. The number of piperazine rings is 1. The number of ketones is 1. The number of nitrogens with zero attached hydrogens (tertiary/aromatic N) is 2. The molecule has 1 atom stereocenters. The minimum atomic E-state index is -1.90. The Morgan fingerprint density at radius 3 is 2.21 bits per heavy atom. The summed E-state index contributed by atoms with van der Waals surface area (Å²) >= 11 is 0. The number of carboxylic acid groups (broad SMARTS) is 1. The number of Topliss-reactive ketones (excluding diaryl/α,β-unsaturated/α-hetero) is 1. The molecule has 1 saturated heterocycles. The lowest BCUT2D eigenvalue weighted by molar-refractivity contribution is -0.142. The molecule has 0 saturated carbocycles. The van der Waals surface area contributed by atoms with Gasteiger partial charge < -0.3 is 25.0 Å². The van der Waals surface area contributed by atoms with Gasteiger partial charge in [0.05, 0.1) is 13.0 Å². The van der Waals surface area contributed by atoms with Crippen LogP contribution in [-0.4, -0.2) is 83.2 Å². The monoisotopic (exact) mass is 539 g/mol. The van der Waals surface area contributed by atoms with E-state index < -0.39 is 78.2 Å². The van der Waals surface area contributed by atoms with Crippen molar-refractivity contribution >= 4 is 29.5 Å². The van der Waals surface area contributed by atoms with Crippen LogP contribution in [0.4, 0.5) is 17.6 Å². The van der Waals surface area contributed by atoms with Crippen molar-refractivity contribution in [2.75, 3.05) is 32.8 Å². The number of amides is 3. The van der Waals surface area contributed by atoms with Crippen molar-refractivity contribution < 1.29 is 51.4 Å². The van der Waals surface area contributed by atoms with E-state index in [2.05, 4.69) is 10.1 Å². The molecule has 1 fully saturated rings. The summed E-state index contributed by atoms with van der Waals surface area (Å²) in [6, 6.07) is 6.42. The van der Waals surface area contributed by atoms with Crippen LogP contribution >= 0.6 is 0 Å². The van der Waals surface area contributed by atoms with Gasteiger partial charge in [-0.2, -0.15) is 8.78 Å². The SMILES string of the molecule is O=C(O)C[C@H](NC(=O)CN1CCN(C(=O)c2ccccc2)CC1=O)C(=O)COc1c(F)c(F)cc(F)c1F. The van der Waals surface area contributed by atoms with Crippen molar-refractivity contribution in [3.05, 3.63) is 65.2 Å². The Morgan fingerprint density at radius 2 is 1.63 bits per heavy atom. The Balaban J connectivity index is 1.58. The number of halogens is 4. The van der Waals surface area contributed by atoms with Gasteiger partial charge in [0, 0.05) is 24.7 Å². The summed E-state index contributed by atoms with van der Waals surface area (Å²) in [5.74, 6) is -13.5. The molecule has 10 nitrogen and oxygen atoms in total. The molecule has 0 bridgehead atoms. The van der Waals surface area contributed by atoms with Gasteiger partial charge >= 0.3 is 5.97 Å². The highest BCUT2D eigenvalue weighted by Gasteiger charge is 2.31. The molecule has 0 aromatic heterocycles. The van der Waals surface area contributed by atoms with Crippen molar-refractivity contribution in [2.24, 2.45) is 0 Å². The predicted molar refractivity (Wildman–Crippen MR) is 120 cm³/mol. The van der Waals surface area contributed by atoms with E-state index in [1.807, 2.05) is 0 Å². The fourth-order valence-electron chi connectivity index (χ4n) is 3.57. The maximum Gasteiger partial charge on any atom is 0.305 e. The van der Waals surface area contributed by atoms with Crippen molar-refractivity contribution in [1.29, 1.82) is 0 Å². The second-order valence-corrected chi connectivity index (χ2v) is 8.18. The van der Waals surface area contributed by atoms with Crippen molar-refractivity contribution in [1.82, 2.24) is 15.1 Å². The van der Waals surface area contributed by atoms with Gasteiger partial charge in [0.1, 0.15) is 19.2 Å². The highest BCUT2D eigenvalue weighted by molar-refractivity contribution is 5.98. The van der Waals surface area contributed by atoms with Crippen LogP contribution in [-0.2, 0) is 19.2 Å². The van der Waals surface area contributed by atoms with Gasteiger partial charge in [0.15, 0.2) is 23.2 Å². The van der Waals surface area contributed by atoms with Crippen LogP contribution in [0.15, 0.2) is 36.4 Å². The van der Waals surface area contributed by atoms with E-state index in [4.69, 9.17) is 5.11 Å². The number of carbonyl (C=O) groups excluding carboxylic acids is 4. The highest BCUT2D eigenvalue weighted by atomic mass is 19.2. The molecule has 38 heavy (non-hydrogen) atoms. The first-order valence-corrected chi connectivity index (χ1v) is 11.1. The number of hydrogen-bond acceptors (Lipinski definition) is 6. The quantitative estimate of drug-likeness (QED) is 0.342. The molecule has 1 aliphatic rings. The molecule has 1 aliphatic heterocycles. The number of rotatable bonds is 10. The van der Waals surface area contributed by atoms with Gasteiger partial charge in [-0.25, -0.2) is 8.78 Å². The average molecular weight is 539 g/mol. The summed E-state index contributed by atoms with van der Waals surface area (Å²) < 4.78 is 58.7. The molecule has 0 unspecified atom stereocenters. The molecule has 0 aliphatic carbocycles. The van der Waals surface area contributed by atoms with Gasteiger partial charge in [-0.3, -0.25) is 24.0 Å². The summed E-state index contributed by atoms with van der Waals surface area (Å²) in [6.45, 7) is -2.02. The van der Waals surface area contributed by atoms with Gasteiger partial charge in [0.2, 0.25) is 23.4 Å². The van der Waals surface area contributed by atoms with Crippen molar-refractivity contribution in [2.45, 2.75) is 12.5 Å². The predicted octanol–water partition coefficient (Wildman–Crippen LogP) is 1.14. The molecule has 2 aromatic carbocycles. The lowest BCUT2D eigenvalue weighted by Gasteiger charge is -2.34. The van der Waals surface area contributed by atoms with Crippen LogP contribution in [0.25, 0.3) is 0 Å². The fourth-order valence-corrected chi connectivity index (χ4v) is 3.57. The number of benzene rings is 2. The maximum absolute atomic E-state index is 13.7. The number of carboxylic acids is 1. The van der Waals surface area contributed by atoms with E-state index in [0.29, 0.717) is 5.56 Å². The number of ether oxygens (including phenoxy) is 1. The molecule has 2 aromatic rings. The molecule has 202 valence electrons. The van der Waals surface area contributed by atoms with E-state index in [9.17, 15) is 41.5 Å². The van der Waals surface area contributed by atoms with Gasteiger partial charge in [-0.05, 0) is 12.1 Å². The normalized spacial score (nSPS) is 14.2. The second-order valence-electron chi connectivity index (χ2n) is 8.18. The summed E-state index contributed by atoms with van der Waals surface area (Å²) in [5, 5.41) is 11.2. The molecule has 3 amide bonds. The minimum absolute atomic E-state index is 0.0187. The van der Waals surface area contributed by atoms with E-state index in [1.165, 1.54) is 4.90 Å². The first kappa shape index (κ1) is 28.1. The Morgan fingerprint density at radius 1 is 1.00 bits per heavy atom. The zero-order valence-electron chi connectivity index (χ0n) is 19.6. The van der Waals surface area contributed by atoms with Gasteiger partial charge in [0.25, 0.3) is 5.91 Å². The third-order valence-corrected chi connectivity index (χ3v) is 5.49. The zero-order valence-corrected chi connectivity index (χ0v) is 19.6. The first-order valence-electron chi connectivity index (χ1n) is 11.1. The van der Waals surface area contributed by atoms with Crippen LogP contribution in [0.2, 0.25) is 0 Å². The smallest absolute Gasteiger partial charge is 0.305 e. The summed E-state index contributed by atoms with van der Waals surface area (Å²) in [6.07, 6.45) is -0.955. The lowest BCUT2D eigenvalue weighted by Crippen LogP contribution is -2.55. The third kappa shape index (κ3) is 6.83. The van der Waals surface area contributed by atoms with Gasteiger partial charge in [-0.15, -0.1) is 0 Å². The summed E-state index contributed by atoms with van der Waals surface area (Å²) in [4.78, 5) is 63.5. The van der Waals surface area contributed by atoms with Crippen molar-refractivity contribution in [3.8, 4) is 5.75 Å². The molecule has 3 rings (SSSR count). The molecule has 0 radical (unpaired) electrons. The number of hydrogen-bond donors (Lipinski definition) is 2. The van der Waals surface area contributed by atoms with E-state index >= 15 is 0 Å². The Bertz CT molecular complexity index is 1230. The molecular weight excluding hydrogens is 518 g/mol. The van der Waals surface area contributed by atoms with Crippen molar-refractivity contribution in [3.63, 3.8) is 0 Å². The van der Waals surface area contributed by atoms with Crippen LogP contribution in [0.5, 0.6) is 5.75 Å². The fraction of sp³-hybridized carbons (Fsp3) is 0.292. The topological polar surface area (TPSA) is 133 Å². The molecular formula is C24H21F4N3O7. The van der Waals surface area contributed by atoms with Crippen LogP contribution in [0.3, 0.4) is 0 Å². The number of carbonyl (C=O) groups is 5. The Kier molecular flexibility index (Phi) is 8.99. The number of aliphatic carboxylic acids is 1. The summed E-state index contributed by atoms with van der Waals surface area (Å²) in [7, 11) is 0. The van der Waals surface area contributed by atoms with Crippen LogP contribution in [0.1, 0.15) is 16.8 Å². The Hall–Kier alpha value is -4.49. The standard InChI is InChI=1S/C24H21F4N3O7/c25-14-8-15(26)22(28)23(21(14)27)38-12-17(32)16(9-20(35)36)29-18(33)10-30-6-7-31(11-19(30)34)24(37)13-4-2-1-3-5-13/h1-5,8,16H,6-7,9-12H2,(H,29,33)(H,35,36)/t16-/m0/s1. The molecule has 14 heteroatoms. The molecule has 1 heterocycles. The van der Waals surface area contributed by atoms with Gasteiger partial charge in [-0.1, -0.05) is 18.2 Å². The molecule has 2 N–H and O–H groups in total. The van der Waals surface area contributed by atoms with E-state index in [0.717, 1.165) is 4.90 Å². The Labute approximate surface area is 212 Å². The minimum Gasteiger partial charge on any atom is -0.481 e. The van der Waals surface area contributed by atoms with E-state index in [-0.39, 0.29) is 31.6 Å². The van der Waals surface area contributed by atoms with E-state index in [1.54, 1.807) is 30.3 Å². The third-order valence-electron chi connectivity index (χ3n) is 5.49. The first-order chi connectivity index (χ1) is 18.0. The molecule has 0 spiro atoms. The lowest BCUT2D eigenvalue weighted by atomic mass is 10.1. The van der Waals surface area contributed by atoms with Crippen LogP contribution in [0, 0.1) is 23.3 Å². The zero-order chi connectivity index (χ0) is 28.0. The average Bonchev–Trinajstić information content (AvgIpc) is 2.88. The number of nitrogens with one attached hydrogen (secondary N) is 1. The highest BCUT2D eigenvalue weighted by Crippen LogP contribution is 2.26.